The molecule has 0 aromatic heterocycles. The highest BCUT2D eigenvalue weighted by molar-refractivity contribution is 7.90. The van der Waals surface area contributed by atoms with Gasteiger partial charge in [-0.25, -0.2) is 8.42 Å². The van der Waals surface area contributed by atoms with Crippen molar-refractivity contribution in [3.05, 3.63) is 0 Å². The fourth-order valence-electron chi connectivity index (χ4n) is 2.03. The van der Waals surface area contributed by atoms with E-state index in [1.807, 2.05) is 13.8 Å². The van der Waals surface area contributed by atoms with Crippen LogP contribution in [-0.2, 0) is 14.8 Å². The van der Waals surface area contributed by atoms with Crippen molar-refractivity contribution in [3.63, 3.8) is 0 Å². The molecule has 15 heavy (non-hydrogen) atoms. The van der Waals surface area contributed by atoms with E-state index in [4.69, 9.17) is 0 Å². The normalized spacial score (nSPS) is 34.9. The van der Waals surface area contributed by atoms with Crippen LogP contribution in [0.25, 0.3) is 0 Å². The SMILES string of the molecule is CC[C@@H]1C[C@]1(C)C(=O)NS(=O)(=O)C1CC1. The van der Waals surface area contributed by atoms with Gasteiger partial charge in [-0.05, 0) is 25.2 Å². The predicted molar refractivity (Wildman–Crippen MR) is 56.6 cm³/mol. The third-order valence-electron chi connectivity index (χ3n) is 3.62. The molecule has 0 aromatic carbocycles. The monoisotopic (exact) mass is 231 g/mol. The third kappa shape index (κ3) is 1.89. The average Bonchev–Trinajstić information content (AvgIpc) is 2.97. The van der Waals surface area contributed by atoms with E-state index in [0.717, 1.165) is 12.8 Å². The summed E-state index contributed by atoms with van der Waals surface area (Å²) in [5.74, 6) is 0.0492. The number of rotatable bonds is 4. The first-order chi connectivity index (χ1) is 6.90. The summed E-state index contributed by atoms with van der Waals surface area (Å²) in [6, 6.07) is 0. The summed E-state index contributed by atoms with van der Waals surface area (Å²) in [4.78, 5) is 11.8. The molecule has 0 radical (unpaired) electrons. The van der Waals surface area contributed by atoms with Crippen LogP contribution in [-0.4, -0.2) is 19.6 Å². The summed E-state index contributed by atoms with van der Waals surface area (Å²) < 4.78 is 25.3. The minimum Gasteiger partial charge on any atom is -0.273 e. The minimum absolute atomic E-state index is 0.304. The Hall–Kier alpha value is -0.580. The number of hydrogen-bond donors (Lipinski definition) is 1. The number of nitrogens with one attached hydrogen (secondary N) is 1. The van der Waals surface area contributed by atoms with E-state index >= 15 is 0 Å². The van der Waals surface area contributed by atoms with Gasteiger partial charge >= 0.3 is 0 Å². The predicted octanol–water partition coefficient (Wildman–Crippen LogP) is 1.03. The van der Waals surface area contributed by atoms with Gasteiger partial charge in [-0.15, -0.1) is 0 Å². The molecule has 4 nitrogen and oxygen atoms in total. The topological polar surface area (TPSA) is 63.2 Å². The van der Waals surface area contributed by atoms with Crippen molar-refractivity contribution >= 4 is 15.9 Å². The third-order valence-corrected chi connectivity index (χ3v) is 5.44. The zero-order valence-corrected chi connectivity index (χ0v) is 9.93. The van der Waals surface area contributed by atoms with E-state index in [2.05, 4.69) is 4.72 Å². The van der Waals surface area contributed by atoms with Crippen LogP contribution in [0.2, 0.25) is 0 Å². The number of sulfonamides is 1. The quantitative estimate of drug-likeness (QED) is 0.786. The zero-order valence-electron chi connectivity index (χ0n) is 9.12. The molecule has 86 valence electrons. The molecular weight excluding hydrogens is 214 g/mol. The van der Waals surface area contributed by atoms with Gasteiger partial charge in [0.25, 0.3) is 0 Å². The number of carbonyl (C=O) groups excluding carboxylic acids is 1. The van der Waals surface area contributed by atoms with Gasteiger partial charge in [0.2, 0.25) is 15.9 Å². The first-order valence-electron chi connectivity index (χ1n) is 5.46. The van der Waals surface area contributed by atoms with Crippen LogP contribution in [0.15, 0.2) is 0 Å². The van der Waals surface area contributed by atoms with E-state index in [1.165, 1.54) is 0 Å². The van der Waals surface area contributed by atoms with Crippen molar-refractivity contribution in [1.82, 2.24) is 4.72 Å². The van der Waals surface area contributed by atoms with E-state index in [1.54, 1.807) is 0 Å². The lowest BCUT2D eigenvalue weighted by molar-refractivity contribution is -0.124. The van der Waals surface area contributed by atoms with Gasteiger partial charge < -0.3 is 0 Å². The van der Waals surface area contributed by atoms with Gasteiger partial charge in [0.1, 0.15) is 0 Å². The summed E-state index contributed by atoms with van der Waals surface area (Å²) in [6.07, 6.45) is 3.13. The van der Waals surface area contributed by atoms with Gasteiger partial charge in [-0.2, -0.15) is 0 Å². The number of hydrogen-bond acceptors (Lipinski definition) is 3. The molecule has 5 heteroatoms. The molecule has 1 amide bonds. The molecule has 0 aliphatic heterocycles. The second-order valence-electron chi connectivity index (χ2n) is 4.90. The lowest BCUT2D eigenvalue weighted by atomic mass is 10.1. The van der Waals surface area contributed by atoms with Crippen LogP contribution >= 0.6 is 0 Å². The Morgan fingerprint density at radius 2 is 2.07 bits per heavy atom. The molecule has 0 bridgehead atoms. The van der Waals surface area contributed by atoms with Crippen LogP contribution < -0.4 is 4.72 Å². The highest BCUT2D eigenvalue weighted by atomic mass is 32.2. The lowest BCUT2D eigenvalue weighted by Crippen LogP contribution is -2.38. The standard InChI is InChI=1S/C10H17NO3S/c1-3-7-6-10(7,2)9(12)11-15(13,14)8-4-5-8/h7-8H,3-6H2,1-2H3,(H,11,12)/t7-,10+/m1/s1. The molecule has 0 aromatic rings. The molecule has 2 saturated carbocycles. The smallest absolute Gasteiger partial charge is 0.239 e. The largest absolute Gasteiger partial charge is 0.273 e. The molecule has 0 saturated heterocycles. The maximum absolute atomic E-state index is 11.8. The summed E-state index contributed by atoms with van der Waals surface area (Å²) in [5, 5.41) is -0.316. The molecular formula is C10H17NO3S. The second kappa shape index (κ2) is 3.20. The van der Waals surface area contributed by atoms with Crippen LogP contribution in [0, 0.1) is 11.3 Å². The van der Waals surface area contributed by atoms with E-state index in [-0.39, 0.29) is 11.2 Å². The molecule has 2 aliphatic carbocycles. The Morgan fingerprint density at radius 1 is 1.47 bits per heavy atom. The summed E-state index contributed by atoms with van der Waals surface area (Å²) in [7, 11) is -3.36. The maximum atomic E-state index is 11.8. The van der Waals surface area contributed by atoms with Crippen molar-refractivity contribution in [2.75, 3.05) is 0 Å². The number of amides is 1. The molecule has 0 heterocycles. The van der Waals surface area contributed by atoms with Crippen molar-refractivity contribution in [2.45, 2.75) is 44.8 Å². The fraction of sp³-hybridized carbons (Fsp3) is 0.900. The first-order valence-corrected chi connectivity index (χ1v) is 7.01. The van der Waals surface area contributed by atoms with Gasteiger partial charge in [0.05, 0.1) is 10.7 Å². The molecule has 1 N–H and O–H groups in total. The molecule has 2 atom stereocenters. The highest BCUT2D eigenvalue weighted by Gasteiger charge is 2.56. The van der Waals surface area contributed by atoms with Gasteiger partial charge in [0.15, 0.2) is 0 Å². The Balaban J connectivity index is 1.99. The molecule has 2 fully saturated rings. The van der Waals surface area contributed by atoms with Crippen LogP contribution in [0.5, 0.6) is 0 Å². The van der Waals surface area contributed by atoms with Gasteiger partial charge in [-0.1, -0.05) is 20.3 Å². The molecule has 0 unspecified atom stereocenters. The van der Waals surface area contributed by atoms with Crippen molar-refractivity contribution in [2.24, 2.45) is 11.3 Å². The minimum atomic E-state index is -3.36. The van der Waals surface area contributed by atoms with Gasteiger partial charge in [-0.3, -0.25) is 9.52 Å². The van der Waals surface area contributed by atoms with Crippen molar-refractivity contribution in [1.29, 1.82) is 0 Å². The first kappa shape index (κ1) is 10.9. The Bertz CT molecular complexity index is 385. The Morgan fingerprint density at radius 3 is 2.47 bits per heavy atom. The highest BCUT2D eigenvalue weighted by Crippen LogP contribution is 2.54. The number of carbonyl (C=O) groups is 1. The van der Waals surface area contributed by atoms with E-state index in [9.17, 15) is 13.2 Å². The summed E-state index contributed by atoms with van der Waals surface area (Å²) in [6.45, 7) is 3.87. The zero-order chi connectivity index (χ0) is 11.3. The lowest BCUT2D eigenvalue weighted by Gasteiger charge is -2.11. The Kier molecular flexibility index (Phi) is 2.33. The second-order valence-corrected chi connectivity index (χ2v) is 6.86. The fourth-order valence-corrected chi connectivity index (χ4v) is 3.45. The Labute approximate surface area is 90.5 Å². The molecule has 2 rings (SSSR count). The van der Waals surface area contributed by atoms with E-state index < -0.39 is 15.4 Å². The summed E-state index contributed by atoms with van der Waals surface area (Å²) >= 11 is 0. The van der Waals surface area contributed by atoms with Gasteiger partial charge in [0, 0.05) is 0 Å². The maximum Gasteiger partial charge on any atom is 0.239 e. The molecule has 0 spiro atoms. The van der Waals surface area contributed by atoms with Crippen molar-refractivity contribution < 1.29 is 13.2 Å². The van der Waals surface area contributed by atoms with Crippen LogP contribution in [0.4, 0.5) is 0 Å². The van der Waals surface area contributed by atoms with E-state index in [0.29, 0.717) is 18.8 Å². The average molecular weight is 231 g/mol. The van der Waals surface area contributed by atoms with Crippen LogP contribution in [0.1, 0.15) is 39.5 Å². The molecule has 2 aliphatic rings. The summed E-state index contributed by atoms with van der Waals surface area (Å²) in [5.41, 5.74) is -0.434. The van der Waals surface area contributed by atoms with Crippen LogP contribution in [0.3, 0.4) is 0 Å². The van der Waals surface area contributed by atoms with Crippen molar-refractivity contribution in [3.8, 4) is 0 Å².